The van der Waals surface area contributed by atoms with Gasteiger partial charge in [-0.3, -0.25) is 14.5 Å². The first-order valence-electron chi connectivity index (χ1n) is 10.2. The summed E-state index contributed by atoms with van der Waals surface area (Å²) in [6.45, 7) is -0.282. The summed E-state index contributed by atoms with van der Waals surface area (Å²) in [6, 6.07) is 7.23. The fraction of sp³-hybridized carbons (Fsp3) is 0.429. The monoisotopic (exact) mass is 442 g/mol. The summed E-state index contributed by atoms with van der Waals surface area (Å²) in [5.41, 5.74) is 0.0387. The van der Waals surface area contributed by atoms with Gasteiger partial charge in [0, 0.05) is 11.3 Å². The third kappa shape index (κ3) is 3.26. The summed E-state index contributed by atoms with van der Waals surface area (Å²) in [6.07, 6.45) is 4.80. The van der Waals surface area contributed by atoms with E-state index >= 15 is 0 Å². The number of amides is 4. The normalized spacial score (nSPS) is 23.2. The number of rotatable bonds is 4. The van der Waals surface area contributed by atoms with E-state index in [9.17, 15) is 14.4 Å². The molecule has 0 bridgehead atoms. The summed E-state index contributed by atoms with van der Waals surface area (Å²) in [5.74, 6) is -0.605. The first-order chi connectivity index (χ1) is 14.6. The largest absolute Gasteiger partial charge is 0.325 e. The molecule has 0 unspecified atom stereocenters. The number of imide groups is 1. The maximum atomic E-state index is 13.2. The second-order valence-electron chi connectivity index (χ2n) is 7.96. The van der Waals surface area contributed by atoms with Crippen LogP contribution < -0.4 is 5.32 Å². The number of thiophene rings is 2. The predicted octanol–water partition coefficient (Wildman–Crippen LogP) is 3.74. The van der Waals surface area contributed by atoms with E-state index in [0.717, 1.165) is 39.6 Å². The Morgan fingerprint density at radius 3 is 2.60 bits per heavy atom. The Labute approximate surface area is 182 Å². The van der Waals surface area contributed by atoms with Crippen molar-refractivity contribution in [2.45, 2.75) is 50.1 Å². The van der Waals surface area contributed by atoms with Crippen molar-refractivity contribution >= 4 is 46.2 Å². The molecule has 0 radical (unpaired) electrons. The first-order valence-corrected chi connectivity index (χ1v) is 11.9. The molecule has 30 heavy (non-hydrogen) atoms. The third-order valence-corrected chi connectivity index (χ3v) is 7.98. The lowest BCUT2D eigenvalue weighted by Crippen LogP contribution is -2.49. The molecule has 156 valence electrons. The highest BCUT2D eigenvalue weighted by molar-refractivity contribution is 7.12. The summed E-state index contributed by atoms with van der Waals surface area (Å²) < 4.78 is 0. The summed E-state index contributed by atoms with van der Waals surface area (Å²) >= 11 is 3.17. The number of carbonyl (C=O) groups excluding carboxylic acids is 3. The molecule has 2 aromatic rings. The van der Waals surface area contributed by atoms with Crippen molar-refractivity contribution in [2.75, 3.05) is 6.54 Å². The Bertz CT molecular complexity index is 994. The third-order valence-electron chi connectivity index (χ3n) is 6.09. The molecule has 3 aliphatic rings. The van der Waals surface area contributed by atoms with Gasteiger partial charge in [-0.05, 0) is 35.7 Å². The molecule has 1 spiro atoms. The van der Waals surface area contributed by atoms with Crippen molar-refractivity contribution in [1.29, 1.82) is 0 Å². The van der Waals surface area contributed by atoms with E-state index in [4.69, 9.17) is 0 Å². The fourth-order valence-corrected chi connectivity index (χ4v) is 6.09. The van der Waals surface area contributed by atoms with E-state index in [1.165, 1.54) is 5.01 Å². The lowest BCUT2D eigenvalue weighted by molar-refractivity contribution is -0.140. The fourth-order valence-electron chi connectivity index (χ4n) is 4.56. The van der Waals surface area contributed by atoms with E-state index < -0.39 is 11.6 Å². The maximum absolute atomic E-state index is 13.2. The zero-order valence-electron chi connectivity index (χ0n) is 16.4. The molecule has 1 aliphatic carbocycles. The van der Waals surface area contributed by atoms with Gasteiger partial charge in [-0.1, -0.05) is 31.4 Å². The highest BCUT2D eigenvalue weighted by Gasteiger charge is 2.52. The van der Waals surface area contributed by atoms with E-state index in [-0.39, 0.29) is 24.4 Å². The lowest BCUT2D eigenvalue weighted by Gasteiger charge is -2.30. The lowest BCUT2D eigenvalue weighted by atomic mass is 9.82. The molecule has 7 nitrogen and oxygen atoms in total. The predicted molar refractivity (Wildman–Crippen MR) is 115 cm³/mol. The minimum absolute atomic E-state index is 0.209. The second-order valence-corrected chi connectivity index (χ2v) is 9.89. The smallest absolute Gasteiger partial charge is 0.323 e. The van der Waals surface area contributed by atoms with Crippen LogP contribution in [0, 0.1) is 0 Å². The van der Waals surface area contributed by atoms with Gasteiger partial charge in [0.05, 0.1) is 16.6 Å². The van der Waals surface area contributed by atoms with Crippen LogP contribution in [-0.2, 0) is 9.59 Å². The molecule has 2 fully saturated rings. The first kappa shape index (κ1) is 19.4. The summed E-state index contributed by atoms with van der Waals surface area (Å²) in [4.78, 5) is 42.0. The average molecular weight is 443 g/mol. The number of hydrazone groups is 1. The molecule has 4 amide bonds. The van der Waals surface area contributed by atoms with E-state index in [0.29, 0.717) is 19.3 Å². The quantitative estimate of drug-likeness (QED) is 0.733. The number of nitrogens with zero attached hydrogens (tertiary/aromatic N) is 3. The molecule has 5 rings (SSSR count). The van der Waals surface area contributed by atoms with Crippen LogP contribution in [0.2, 0.25) is 0 Å². The van der Waals surface area contributed by atoms with Gasteiger partial charge in [0.1, 0.15) is 12.1 Å². The van der Waals surface area contributed by atoms with Crippen molar-refractivity contribution in [1.82, 2.24) is 15.2 Å². The maximum Gasteiger partial charge on any atom is 0.325 e. The van der Waals surface area contributed by atoms with E-state index in [1.807, 2.05) is 35.0 Å². The average Bonchev–Trinajstić information content (AvgIpc) is 3.53. The van der Waals surface area contributed by atoms with Crippen LogP contribution >= 0.6 is 22.7 Å². The van der Waals surface area contributed by atoms with Crippen LogP contribution in [0.5, 0.6) is 0 Å². The van der Waals surface area contributed by atoms with Crippen molar-refractivity contribution in [3.63, 3.8) is 0 Å². The Balaban J connectivity index is 1.38. The Kier molecular flexibility index (Phi) is 4.94. The zero-order valence-corrected chi connectivity index (χ0v) is 18.0. The molecule has 1 atom stereocenters. The Morgan fingerprint density at radius 2 is 1.90 bits per heavy atom. The number of nitrogens with one attached hydrogen (secondary N) is 1. The van der Waals surface area contributed by atoms with Gasteiger partial charge in [-0.15, -0.1) is 22.7 Å². The molecule has 0 aromatic carbocycles. The minimum atomic E-state index is -0.820. The minimum Gasteiger partial charge on any atom is -0.323 e. The summed E-state index contributed by atoms with van der Waals surface area (Å²) in [7, 11) is 0. The van der Waals surface area contributed by atoms with Crippen LogP contribution in [0.15, 0.2) is 40.1 Å². The van der Waals surface area contributed by atoms with Crippen molar-refractivity contribution in [3.05, 3.63) is 44.8 Å². The number of urea groups is 1. The van der Waals surface area contributed by atoms with Gasteiger partial charge in [0.15, 0.2) is 0 Å². The number of hydrogen-bond acceptors (Lipinski definition) is 6. The van der Waals surface area contributed by atoms with Crippen molar-refractivity contribution in [2.24, 2.45) is 5.10 Å². The molecule has 4 heterocycles. The topological polar surface area (TPSA) is 82.1 Å². The molecule has 2 aromatic heterocycles. The molecule has 1 N–H and O–H groups in total. The SMILES string of the molecule is O=C1NC2(CCCCC2)C(=O)N1CC(=O)N1N=C(c2cccs2)C[C@@H]1c1cccs1. The van der Waals surface area contributed by atoms with Gasteiger partial charge < -0.3 is 5.32 Å². The highest BCUT2D eigenvalue weighted by Crippen LogP contribution is 2.37. The van der Waals surface area contributed by atoms with Gasteiger partial charge in [-0.2, -0.15) is 5.10 Å². The van der Waals surface area contributed by atoms with E-state index in [1.54, 1.807) is 22.7 Å². The van der Waals surface area contributed by atoms with Crippen LogP contribution in [0.4, 0.5) is 4.79 Å². The number of hydrogen-bond donors (Lipinski definition) is 1. The van der Waals surface area contributed by atoms with Crippen molar-refractivity contribution < 1.29 is 14.4 Å². The van der Waals surface area contributed by atoms with Crippen LogP contribution in [-0.4, -0.2) is 45.5 Å². The molecular weight excluding hydrogens is 420 g/mol. The molecule has 9 heteroatoms. The Hall–Kier alpha value is -2.52. The highest BCUT2D eigenvalue weighted by atomic mass is 32.1. The van der Waals surface area contributed by atoms with Crippen LogP contribution in [0.25, 0.3) is 0 Å². The van der Waals surface area contributed by atoms with Gasteiger partial charge in [0.25, 0.3) is 11.8 Å². The van der Waals surface area contributed by atoms with Gasteiger partial charge in [-0.25, -0.2) is 9.80 Å². The van der Waals surface area contributed by atoms with Gasteiger partial charge >= 0.3 is 6.03 Å². The van der Waals surface area contributed by atoms with Crippen LogP contribution in [0.1, 0.15) is 54.3 Å². The zero-order chi connectivity index (χ0) is 20.7. The van der Waals surface area contributed by atoms with Crippen molar-refractivity contribution in [3.8, 4) is 0 Å². The molecular formula is C21H22N4O3S2. The molecule has 1 saturated heterocycles. The number of carbonyl (C=O) groups is 3. The molecule has 1 saturated carbocycles. The molecule has 2 aliphatic heterocycles. The van der Waals surface area contributed by atoms with Crippen LogP contribution in [0.3, 0.4) is 0 Å². The van der Waals surface area contributed by atoms with E-state index in [2.05, 4.69) is 10.4 Å². The Morgan fingerprint density at radius 1 is 1.13 bits per heavy atom. The van der Waals surface area contributed by atoms with Gasteiger partial charge in [0.2, 0.25) is 0 Å². The standard InChI is InChI=1S/C21H22N4O3S2/c26-18(13-24-19(27)21(22-20(24)28)8-2-1-3-9-21)25-15(17-7-5-11-30-17)12-14(23-25)16-6-4-10-29-16/h4-7,10-11,15H,1-3,8-9,12-13H2,(H,22,28)/t15-/m1/s1. The summed E-state index contributed by atoms with van der Waals surface area (Å²) in [5, 5.41) is 12.9. The second kappa shape index (κ2) is 7.63.